The first-order chi connectivity index (χ1) is 13.1. The van der Waals surface area contributed by atoms with Gasteiger partial charge in [0.05, 0.1) is 6.07 Å². The predicted molar refractivity (Wildman–Crippen MR) is 110 cm³/mol. The summed E-state index contributed by atoms with van der Waals surface area (Å²) in [5.74, 6) is 0. The maximum Gasteiger partial charge on any atom is 0.381 e. The molecule has 0 spiro atoms. The van der Waals surface area contributed by atoms with Crippen LogP contribution in [-0.4, -0.2) is 86.8 Å². The number of nitriles is 1. The highest BCUT2D eigenvalue weighted by molar-refractivity contribution is 7.76. The molecule has 1 unspecified atom stereocenters. The monoisotopic (exact) mass is 583 g/mol. The van der Waals surface area contributed by atoms with Crippen LogP contribution in [0.25, 0.3) is 0 Å². The quantitative estimate of drug-likeness (QED) is 0.210. The van der Waals surface area contributed by atoms with Crippen molar-refractivity contribution in [3.8, 4) is 6.07 Å². The van der Waals surface area contributed by atoms with Crippen molar-refractivity contribution in [2.24, 2.45) is 0 Å². The molecule has 0 saturated heterocycles. The molecule has 0 amide bonds. The van der Waals surface area contributed by atoms with Crippen LogP contribution >= 0.6 is 0 Å². The summed E-state index contributed by atoms with van der Waals surface area (Å²) in [5.41, 5.74) is 0. The number of hydrogen-bond donors (Lipinski definition) is 0. The van der Waals surface area contributed by atoms with Gasteiger partial charge in [0, 0.05) is 6.42 Å². The van der Waals surface area contributed by atoms with Gasteiger partial charge < -0.3 is 44.3 Å². The van der Waals surface area contributed by atoms with E-state index < -0.39 is 86.8 Å². The van der Waals surface area contributed by atoms with Gasteiger partial charge in [-0.15, -0.1) is 0 Å². The molecule has 11 nitrogen and oxygen atoms in total. The fourth-order valence-electron chi connectivity index (χ4n) is 2.10. The standard InChI is InChI=1S/C7H17NO10Si11/c1-28(2,3)18-29(4,7-5-6-8)27(17)26(16)25(15)24(14)23(13)22(12)21(11)20(10)19-9/h19H,5,7H2,1-4H3. The molecule has 0 fully saturated rings. The highest BCUT2D eigenvalue weighted by atomic mass is 30.0. The van der Waals surface area contributed by atoms with E-state index in [-0.39, 0.29) is 12.5 Å². The Hall–Kier alpha value is 0.0357. The molecule has 0 aromatic heterocycles. The van der Waals surface area contributed by atoms with Crippen LogP contribution < -0.4 is 0 Å². The number of hydrogen-bond acceptors (Lipinski definition) is 11. The van der Waals surface area contributed by atoms with Gasteiger partial charge in [-0.2, -0.15) is 5.26 Å². The fourth-order valence-corrected chi connectivity index (χ4v) is 107. The Balaban J connectivity index is 5.69. The lowest BCUT2D eigenvalue weighted by Gasteiger charge is -2.31. The molecule has 1 atom stereocenters. The Kier molecular flexibility index (Phi) is 12.2. The van der Waals surface area contributed by atoms with E-state index in [9.17, 15) is 40.2 Å². The fraction of sp³-hybridized carbons (Fsp3) is 0.857. The van der Waals surface area contributed by atoms with E-state index in [0.717, 1.165) is 0 Å². The van der Waals surface area contributed by atoms with Gasteiger partial charge in [-0.25, -0.2) is 0 Å². The zero-order valence-corrected chi connectivity index (χ0v) is 27.2. The van der Waals surface area contributed by atoms with Crippen LogP contribution in [0, 0.1) is 11.3 Å². The molecule has 0 N–H and O–H groups in total. The van der Waals surface area contributed by atoms with Gasteiger partial charge in [0.1, 0.15) is 0 Å². The molecule has 0 aliphatic carbocycles. The molecular weight excluding hydrogens is 567 g/mol. The van der Waals surface area contributed by atoms with E-state index in [1.807, 2.05) is 6.07 Å². The molecule has 0 rings (SSSR count). The van der Waals surface area contributed by atoms with Gasteiger partial charge in [0.15, 0.2) is 8.32 Å². The Morgan fingerprint density at radius 1 is 0.793 bits per heavy atom. The minimum Gasteiger partial charge on any atom is -0.453 e. The van der Waals surface area contributed by atoms with Gasteiger partial charge in [-0.1, -0.05) is 0 Å². The third-order valence-electron chi connectivity index (χ3n) is 3.29. The first kappa shape index (κ1) is 29.0. The maximum absolute atomic E-state index is 12.9. The third-order valence-corrected chi connectivity index (χ3v) is 77.8. The molecule has 0 heterocycles. The highest BCUT2D eigenvalue weighted by Crippen LogP contribution is 2.20. The van der Waals surface area contributed by atoms with Crippen molar-refractivity contribution in [2.75, 3.05) is 0 Å². The van der Waals surface area contributed by atoms with Crippen LogP contribution in [0.3, 0.4) is 0 Å². The van der Waals surface area contributed by atoms with Gasteiger partial charge >= 0.3 is 70.7 Å². The van der Waals surface area contributed by atoms with Gasteiger partial charge in [-0.3, -0.25) is 0 Å². The molecular formula is C7H17NO10Si11. The normalized spacial score (nSPS) is 12.7. The van der Waals surface area contributed by atoms with Crippen molar-refractivity contribution in [3.05, 3.63) is 0 Å². The average molecular weight is 584 g/mol. The molecule has 0 radical (unpaired) electrons. The number of nitrogens with zero attached hydrogens (tertiary/aromatic N) is 1. The summed E-state index contributed by atoms with van der Waals surface area (Å²) in [6.07, 6.45) is -0.0209. The minimum atomic E-state index is -3.74. The topological polar surface area (TPSA) is 187 Å². The summed E-state index contributed by atoms with van der Waals surface area (Å²) in [6.45, 7) is 6.90. The lowest BCUT2D eigenvalue weighted by molar-refractivity contribution is 0.528. The summed E-state index contributed by atoms with van der Waals surface area (Å²) in [6, 6.07) is 1.96. The molecule has 0 aliphatic rings. The second kappa shape index (κ2) is 12.2. The SMILES string of the molecule is C[Si](C)(C)O[Si](C)(CCC#N)[Si](=O)[Si](=O)[Si](=O)[Si](=O)[Si](=O)[Si](=O)[Si](=O)[Si](=O)[SiH]=O. The number of rotatable bonds is 13. The molecule has 0 aliphatic heterocycles. The van der Waals surface area contributed by atoms with Gasteiger partial charge in [-0.05, 0) is 32.2 Å². The van der Waals surface area contributed by atoms with Crippen molar-refractivity contribution in [1.29, 1.82) is 5.26 Å². The minimum absolute atomic E-state index is 0.0209. The molecule has 0 aromatic rings. The van der Waals surface area contributed by atoms with E-state index in [0.29, 0.717) is 0 Å². The second-order valence-electron chi connectivity index (χ2n) is 6.89. The van der Waals surface area contributed by atoms with Crippen LogP contribution in [0.5, 0.6) is 0 Å². The molecule has 0 aromatic carbocycles. The van der Waals surface area contributed by atoms with Crippen LogP contribution in [0.1, 0.15) is 6.42 Å². The van der Waals surface area contributed by atoms with Gasteiger partial charge in [0.25, 0.3) is 0 Å². The molecule has 29 heavy (non-hydrogen) atoms. The Bertz CT molecular complexity index is 885. The summed E-state index contributed by atoms with van der Waals surface area (Å²) in [5, 5.41) is 8.82. The first-order valence-corrected chi connectivity index (χ1v) is 35.6. The smallest absolute Gasteiger partial charge is 0.381 e. The van der Waals surface area contributed by atoms with Gasteiger partial charge in [0.2, 0.25) is 7.83 Å². The van der Waals surface area contributed by atoms with Crippen LogP contribution in [0.15, 0.2) is 0 Å². The van der Waals surface area contributed by atoms with E-state index in [1.54, 1.807) is 19.6 Å². The van der Waals surface area contributed by atoms with Crippen molar-refractivity contribution >= 4 is 86.8 Å². The van der Waals surface area contributed by atoms with E-state index in [4.69, 9.17) is 9.38 Å². The predicted octanol–water partition coefficient (Wildman–Crippen LogP) is -2.39. The third kappa shape index (κ3) is 8.59. The molecule has 154 valence electrons. The highest BCUT2D eigenvalue weighted by Gasteiger charge is 2.54. The first-order valence-electron chi connectivity index (χ1n) is 8.00. The van der Waals surface area contributed by atoms with Crippen LogP contribution in [0.4, 0.5) is 0 Å². The summed E-state index contributed by atoms with van der Waals surface area (Å²) >= 11 is 0. The second-order valence-corrected chi connectivity index (χ2v) is 58.7. The molecule has 0 saturated carbocycles. The summed E-state index contributed by atoms with van der Waals surface area (Å²) in [7, 11) is -35.7. The van der Waals surface area contributed by atoms with E-state index in [2.05, 4.69) is 0 Å². The average Bonchev–Trinajstić information content (AvgIpc) is 2.66. The largest absolute Gasteiger partial charge is 0.453 e. The van der Waals surface area contributed by atoms with Crippen molar-refractivity contribution in [1.82, 2.24) is 0 Å². The lowest BCUT2D eigenvalue weighted by atomic mass is 10.6. The molecule has 22 heteroatoms. The van der Waals surface area contributed by atoms with E-state index >= 15 is 0 Å². The Labute approximate surface area is 180 Å². The Morgan fingerprint density at radius 2 is 1.21 bits per heavy atom. The molecule has 0 bridgehead atoms. The zero-order chi connectivity index (χ0) is 23.2. The van der Waals surface area contributed by atoms with Crippen molar-refractivity contribution in [3.63, 3.8) is 0 Å². The zero-order valence-electron chi connectivity index (χ0n) is 16.0. The maximum atomic E-state index is 12.9. The van der Waals surface area contributed by atoms with E-state index in [1.165, 1.54) is 6.55 Å². The van der Waals surface area contributed by atoms with Crippen molar-refractivity contribution in [2.45, 2.75) is 38.7 Å². The van der Waals surface area contributed by atoms with Crippen LogP contribution in [-0.2, 0) is 44.3 Å². The summed E-state index contributed by atoms with van der Waals surface area (Å²) in [4.78, 5) is 0. The Morgan fingerprint density at radius 3 is 1.59 bits per heavy atom. The van der Waals surface area contributed by atoms with Crippen LogP contribution in [0.2, 0.25) is 32.2 Å². The lowest BCUT2D eigenvalue weighted by Crippen LogP contribution is -2.60. The summed E-state index contributed by atoms with van der Waals surface area (Å²) < 4.78 is 114. The van der Waals surface area contributed by atoms with Crippen molar-refractivity contribution < 1.29 is 44.3 Å².